The van der Waals surface area contributed by atoms with Crippen molar-refractivity contribution in [3.8, 4) is 5.75 Å². The van der Waals surface area contributed by atoms with Crippen LogP contribution in [0.1, 0.15) is 17.3 Å². The molecule has 0 unspecified atom stereocenters. The van der Waals surface area contributed by atoms with Gasteiger partial charge in [-0.05, 0) is 13.0 Å². The second-order valence-corrected chi connectivity index (χ2v) is 5.65. The van der Waals surface area contributed by atoms with Crippen LogP contribution in [0.15, 0.2) is 17.1 Å². The van der Waals surface area contributed by atoms with Crippen molar-refractivity contribution in [2.45, 2.75) is 13.5 Å². The van der Waals surface area contributed by atoms with Gasteiger partial charge in [-0.15, -0.1) is 0 Å². The lowest BCUT2D eigenvalue weighted by molar-refractivity contribution is 0.0695. The molecule has 1 aliphatic rings. The number of aromatic carboxylic acids is 1. The fourth-order valence-electron chi connectivity index (χ4n) is 3.10. The van der Waals surface area contributed by atoms with Gasteiger partial charge in [0.05, 0.1) is 10.9 Å². The topological polar surface area (TPSA) is 94.8 Å². The summed E-state index contributed by atoms with van der Waals surface area (Å²) in [4.78, 5) is 25.3. The number of aryl methyl sites for hydroxylation is 1. The number of anilines is 1. The summed E-state index contributed by atoms with van der Waals surface area (Å²) in [6.45, 7) is 4.46. The highest BCUT2D eigenvalue weighted by Gasteiger charge is 2.25. The molecule has 3 rings (SSSR count). The molecule has 0 radical (unpaired) electrons. The van der Waals surface area contributed by atoms with E-state index in [-0.39, 0.29) is 22.3 Å². The number of hydrogen-bond acceptors (Lipinski definition) is 5. The summed E-state index contributed by atoms with van der Waals surface area (Å²) < 4.78 is 16.1. The molecule has 0 atom stereocenters. The number of halogens is 1. The third kappa shape index (κ3) is 2.48. The normalized spacial score (nSPS) is 15.0. The van der Waals surface area contributed by atoms with E-state index in [4.69, 9.17) is 5.11 Å². The Morgan fingerprint density at radius 1 is 1.38 bits per heavy atom. The van der Waals surface area contributed by atoms with Crippen molar-refractivity contribution in [1.29, 1.82) is 0 Å². The van der Waals surface area contributed by atoms with E-state index in [9.17, 15) is 19.1 Å². The molecule has 1 fully saturated rings. The number of fused-ring (bicyclic) bond motifs is 1. The Hall–Kier alpha value is -2.61. The Bertz CT molecular complexity index is 872. The smallest absolute Gasteiger partial charge is 0.341 e. The molecule has 1 saturated heterocycles. The molecular weight excluding hydrogens is 317 g/mol. The fourth-order valence-corrected chi connectivity index (χ4v) is 3.10. The number of carboxylic acid groups (broad SMARTS) is 1. The average molecular weight is 335 g/mol. The van der Waals surface area contributed by atoms with Crippen LogP contribution >= 0.6 is 0 Å². The van der Waals surface area contributed by atoms with Crippen LogP contribution in [0.25, 0.3) is 10.9 Å². The first kappa shape index (κ1) is 16.3. The molecule has 1 aromatic carbocycles. The van der Waals surface area contributed by atoms with Crippen LogP contribution in [0.2, 0.25) is 0 Å². The molecule has 3 N–H and O–H groups in total. The largest absolute Gasteiger partial charge is 0.504 e. The molecule has 7 nitrogen and oxygen atoms in total. The number of piperazine rings is 1. The Balaban J connectivity index is 2.34. The molecule has 2 aromatic rings. The van der Waals surface area contributed by atoms with Gasteiger partial charge in [-0.2, -0.15) is 0 Å². The zero-order valence-corrected chi connectivity index (χ0v) is 13.2. The maximum atomic E-state index is 14.6. The van der Waals surface area contributed by atoms with Crippen molar-refractivity contribution in [3.63, 3.8) is 0 Å². The molecule has 0 saturated carbocycles. The van der Waals surface area contributed by atoms with Gasteiger partial charge in [0.25, 0.3) is 0 Å². The number of carbonyl (C=O) groups is 1. The molecule has 1 aliphatic heterocycles. The minimum atomic E-state index is -1.38. The van der Waals surface area contributed by atoms with Crippen molar-refractivity contribution in [3.05, 3.63) is 33.9 Å². The van der Waals surface area contributed by atoms with Crippen LogP contribution < -0.4 is 15.6 Å². The number of hydrogen-bond donors (Lipinski definition) is 3. The number of aromatic hydroxyl groups is 1. The Labute approximate surface area is 136 Å². The van der Waals surface area contributed by atoms with Gasteiger partial charge in [-0.1, -0.05) is 0 Å². The van der Waals surface area contributed by atoms with E-state index in [0.29, 0.717) is 32.7 Å². The predicted octanol–water partition coefficient (Wildman–Crippen LogP) is 0.974. The highest BCUT2D eigenvalue weighted by atomic mass is 19.1. The summed E-state index contributed by atoms with van der Waals surface area (Å²) in [6, 6.07) is 1.02. The Morgan fingerprint density at radius 2 is 2.04 bits per heavy atom. The monoisotopic (exact) mass is 335 g/mol. The fraction of sp³-hybridized carbons (Fsp3) is 0.375. The summed E-state index contributed by atoms with van der Waals surface area (Å²) in [5, 5.41) is 22.8. The number of phenolic OH excluding ortho intramolecular Hbond substituents is 1. The van der Waals surface area contributed by atoms with Gasteiger partial charge in [0, 0.05) is 38.9 Å². The lowest BCUT2D eigenvalue weighted by Crippen LogP contribution is -2.44. The van der Waals surface area contributed by atoms with Crippen molar-refractivity contribution in [2.75, 3.05) is 31.1 Å². The van der Waals surface area contributed by atoms with Crippen molar-refractivity contribution < 1.29 is 19.4 Å². The molecular formula is C16H18FN3O4. The lowest BCUT2D eigenvalue weighted by Gasteiger charge is -2.30. The summed E-state index contributed by atoms with van der Waals surface area (Å²) in [6.07, 6.45) is 1.19. The second kappa shape index (κ2) is 6.12. The number of phenols is 1. The summed E-state index contributed by atoms with van der Waals surface area (Å²) in [7, 11) is 0. The van der Waals surface area contributed by atoms with E-state index in [2.05, 4.69) is 5.32 Å². The highest BCUT2D eigenvalue weighted by molar-refractivity contribution is 5.96. The third-order valence-electron chi connectivity index (χ3n) is 4.27. The van der Waals surface area contributed by atoms with Crippen molar-refractivity contribution in [2.24, 2.45) is 0 Å². The van der Waals surface area contributed by atoms with Crippen LogP contribution in [-0.4, -0.2) is 46.9 Å². The first-order valence-electron chi connectivity index (χ1n) is 7.73. The number of rotatable bonds is 3. The minimum absolute atomic E-state index is 0.0497. The average Bonchev–Trinajstić information content (AvgIpc) is 2.56. The van der Waals surface area contributed by atoms with Crippen LogP contribution in [0, 0.1) is 5.82 Å². The standard InChI is InChI=1S/C16H18FN3O4/c1-2-19-8-10(16(23)24)14(21)9-7-11(17)13(15(22)12(9)19)20-5-3-18-4-6-20/h7-8,18,22H,2-6H2,1H3,(H,23,24). The minimum Gasteiger partial charge on any atom is -0.504 e. The molecule has 0 aliphatic carbocycles. The second-order valence-electron chi connectivity index (χ2n) is 5.65. The number of nitrogens with one attached hydrogen (secondary N) is 1. The van der Waals surface area contributed by atoms with E-state index in [0.717, 1.165) is 6.07 Å². The van der Waals surface area contributed by atoms with Gasteiger partial charge >= 0.3 is 5.97 Å². The predicted molar refractivity (Wildman–Crippen MR) is 87.5 cm³/mol. The highest BCUT2D eigenvalue weighted by Crippen LogP contribution is 2.37. The Kier molecular flexibility index (Phi) is 4.15. The summed E-state index contributed by atoms with van der Waals surface area (Å²) in [5.41, 5.74) is -1.04. The maximum Gasteiger partial charge on any atom is 0.341 e. The van der Waals surface area contributed by atoms with E-state index in [1.165, 1.54) is 10.8 Å². The number of pyridine rings is 1. The first-order valence-corrected chi connectivity index (χ1v) is 7.73. The quantitative estimate of drug-likeness (QED) is 0.774. The molecule has 2 heterocycles. The zero-order chi connectivity index (χ0) is 17.4. The van der Waals surface area contributed by atoms with Crippen LogP contribution in [-0.2, 0) is 6.54 Å². The van der Waals surface area contributed by atoms with Crippen LogP contribution in [0.5, 0.6) is 5.75 Å². The summed E-state index contributed by atoms with van der Waals surface area (Å²) >= 11 is 0. The van der Waals surface area contributed by atoms with E-state index in [1.54, 1.807) is 11.8 Å². The Morgan fingerprint density at radius 3 is 2.62 bits per heavy atom. The van der Waals surface area contributed by atoms with Gasteiger partial charge < -0.3 is 25.0 Å². The molecule has 1 aromatic heterocycles. The van der Waals surface area contributed by atoms with Crippen molar-refractivity contribution >= 4 is 22.6 Å². The maximum absolute atomic E-state index is 14.6. The molecule has 24 heavy (non-hydrogen) atoms. The number of benzene rings is 1. The summed E-state index contributed by atoms with van der Waals surface area (Å²) in [5.74, 6) is -2.44. The molecule has 8 heteroatoms. The molecule has 0 amide bonds. The van der Waals surface area contributed by atoms with Crippen molar-refractivity contribution in [1.82, 2.24) is 9.88 Å². The van der Waals surface area contributed by atoms with E-state index in [1.807, 2.05) is 0 Å². The van der Waals surface area contributed by atoms with Gasteiger partial charge in [0.15, 0.2) is 11.6 Å². The molecule has 0 bridgehead atoms. The van der Waals surface area contributed by atoms with Gasteiger partial charge in [0.1, 0.15) is 11.3 Å². The zero-order valence-electron chi connectivity index (χ0n) is 13.2. The molecule has 0 spiro atoms. The number of aromatic nitrogens is 1. The number of nitrogens with zero attached hydrogens (tertiary/aromatic N) is 2. The number of carboxylic acids is 1. The first-order chi connectivity index (χ1) is 11.5. The third-order valence-corrected chi connectivity index (χ3v) is 4.27. The van der Waals surface area contributed by atoms with E-state index < -0.39 is 22.8 Å². The molecule has 128 valence electrons. The van der Waals surface area contributed by atoms with Crippen LogP contribution in [0.4, 0.5) is 10.1 Å². The van der Waals surface area contributed by atoms with Gasteiger partial charge in [-0.3, -0.25) is 4.79 Å². The lowest BCUT2D eigenvalue weighted by atomic mass is 10.1. The van der Waals surface area contributed by atoms with Gasteiger partial charge in [-0.25, -0.2) is 9.18 Å². The van der Waals surface area contributed by atoms with E-state index >= 15 is 0 Å². The van der Waals surface area contributed by atoms with Crippen LogP contribution in [0.3, 0.4) is 0 Å². The SMILES string of the molecule is CCn1cc(C(=O)O)c(=O)c2cc(F)c(N3CCNCC3)c(O)c21. The van der Waals surface area contributed by atoms with Gasteiger partial charge in [0.2, 0.25) is 5.43 Å².